The van der Waals surface area contributed by atoms with E-state index in [2.05, 4.69) is 13.2 Å². The van der Waals surface area contributed by atoms with Crippen molar-refractivity contribution in [3.63, 3.8) is 0 Å². The Kier molecular flexibility index (Phi) is 8.91. The van der Waals surface area contributed by atoms with Crippen molar-refractivity contribution in [1.82, 2.24) is 0 Å². The summed E-state index contributed by atoms with van der Waals surface area (Å²) in [6, 6.07) is 9.97. The number of halogens is 1. The van der Waals surface area contributed by atoms with Crippen LogP contribution < -0.4 is 14.2 Å². The molecule has 0 aromatic heterocycles. The minimum atomic E-state index is -0.747. The van der Waals surface area contributed by atoms with Crippen LogP contribution in [0.4, 0.5) is 0 Å². The highest BCUT2D eigenvalue weighted by Crippen LogP contribution is 2.38. The van der Waals surface area contributed by atoms with E-state index >= 15 is 0 Å². The van der Waals surface area contributed by atoms with E-state index < -0.39 is 9.89 Å². The van der Waals surface area contributed by atoms with Crippen LogP contribution in [-0.4, -0.2) is 39.2 Å². The zero-order valence-corrected chi connectivity index (χ0v) is 19.0. The molecular weight excluding hydrogens is 499 g/mol. The van der Waals surface area contributed by atoms with E-state index in [1.807, 2.05) is 22.6 Å². The van der Waals surface area contributed by atoms with Crippen molar-refractivity contribution in [3.05, 3.63) is 78.4 Å². The molecule has 2 aromatic carbocycles. The van der Waals surface area contributed by atoms with Gasteiger partial charge in [0.15, 0.2) is 5.78 Å². The molecule has 0 radical (unpaired) electrons. The molecule has 0 aliphatic carbocycles. The Morgan fingerprint density at radius 2 is 1.63 bits per heavy atom. The molecule has 1 atom stereocenters. The Balaban J connectivity index is 2.67. The Hall–Kier alpha value is -2.81. The summed E-state index contributed by atoms with van der Waals surface area (Å²) in [5, 5.41) is 0. The van der Waals surface area contributed by atoms with Crippen LogP contribution in [0.2, 0.25) is 0 Å². The molecule has 0 aliphatic rings. The van der Waals surface area contributed by atoms with Crippen molar-refractivity contribution in [2.45, 2.75) is 3.92 Å². The summed E-state index contributed by atoms with van der Waals surface area (Å²) in [6.07, 6.45) is 3.17. The van der Waals surface area contributed by atoms with Crippen LogP contribution in [0, 0.1) is 0 Å². The van der Waals surface area contributed by atoms with Gasteiger partial charge in [-0.25, -0.2) is 0 Å². The predicted molar refractivity (Wildman–Crippen MR) is 123 cm³/mol. The third kappa shape index (κ3) is 5.63. The van der Waals surface area contributed by atoms with Gasteiger partial charge in [-0.3, -0.25) is 9.59 Å². The third-order valence-electron chi connectivity index (χ3n) is 4.09. The zero-order valence-electron chi connectivity index (χ0n) is 16.9. The number of carbonyl (C=O) groups excluding carboxylic acids is 2. The molecule has 1 unspecified atom stereocenters. The molecule has 0 heterocycles. The smallest absolute Gasteiger partial charge is 0.323 e. The second-order valence-corrected chi connectivity index (χ2v) is 7.27. The van der Waals surface area contributed by atoms with Crippen LogP contribution in [0.3, 0.4) is 0 Å². The maximum absolute atomic E-state index is 13.4. The molecule has 0 fully saturated rings. The summed E-state index contributed by atoms with van der Waals surface area (Å²) in [4.78, 5) is 25.7. The minimum absolute atomic E-state index is 0.178. The summed E-state index contributed by atoms with van der Waals surface area (Å²) in [7, 11) is 2.85. The average Bonchev–Trinajstić information content (AvgIpc) is 2.79. The Bertz CT molecular complexity index is 920. The predicted octanol–water partition coefficient (Wildman–Crippen LogP) is 4.70. The SMILES string of the molecule is C=CCOc1cc(OCC=C)c(C(=O)c2ccc(OC)cc2)c(C(I)C(=O)OC)c1. The first kappa shape index (κ1) is 23.5. The highest BCUT2D eigenvalue weighted by Gasteiger charge is 2.29. The summed E-state index contributed by atoms with van der Waals surface area (Å²) in [5.74, 6) is 0.575. The standard InChI is InChI=1S/C23H23IO6/c1-5-11-29-17-13-18(21(24)23(26)28-4)20(19(14-17)30-12-6-2)22(25)15-7-9-16(27-3)10-8-15/h5-10,13-14,21H,1-2,11-12H2,3-4H3. The monoisotopic (exact) mass is 522 g/mol. The summed E-state index contributed by atoms with van der Waals surface area (Å²) in [6.45, 7) is 7.73. The van der Waals surface area contributed by atoms with Gasteiger partial charge in [0.05, 0.1) is 19.8 Å². The first-order chi connectivity index (χ1) is 14.5. The molecule has 0 saturated carbocycles. The Morgan fingerprint density at radius 1 is 1.00 bits per heavy atom. The molecule has 0 saturated heterocycles. The van der Waals surface area contributed by atoms with Crippen molar-refractivity contribution in [2.24, 2.45) is 0 Å². The molecule has 0 N–H and O–H groups in total. The van der Waals surface area contributed by atoms with E-state index in [0.717, 1.165) is 0 Å². The van der Waals surface area contributed by atoms with Crippen LogP contribution in [0.25, 0.3) is 0 Å². The van der Waals surface area contributed by atoms with Crippen LogP contribution in [0.5, 0.6) is 17.2 Å². The van der Waals surface area contributed by atoms with Crippen molar-refractivity contribution in [1.29, 1.82) is 0 Å². The van der Waals surface area contributed by atoms with Crippen LogP contribution in [0.15, 0.2) is 61.7 Å². The number of alkyl halides is 1. The van der Waals surface area contributed by atoms with Gasteiger partial charge in [0.25, 0.3) is 0 Å². The summed E-state index contributed by atoms with van der Waals surface area (Å²) >= 11 is 1.93. The van der Waals surface area contributed by atoms with E-state index in [-0.39, 0.29) is 30.3 Å². The lowest BCUT2D eigenvalue weighted by molar-refractivity contribution is -0.139. The van der Waals surface area contributed by atoms with Crippen LogP contribution in [-0.2, 0) is 9.53 Å². The topological polar surface area (TPSA) is 71.1 Å². The summed E-state index contributed by atoms with van der Waals surface area (Å²) < 4.78 is 20.7. The molecule has 2 rings (SSSR count). The fourth-order valence-electron chi connectivity index (χ4n) is 2.67. The van der Waals surface area contributed by atoms with E-state index in [4.69, 9.17) is 18.9 Å². The first-order valence-corrected chi connectivity index (χ1v) is 10.3. The number of methoxy groups -OCH3 is 2. The van der Waals surface area contributed by atoms with Gasteiger partial charge >= 0.3 is 5.97 Å². The molecule has 30 heavy (non-hydrogen) atoms. The first-order valence-electron chi connectivity index (χ1n) is 9.02. The fourth-order valence-corrected chi connectivity index (χ4v) is 3.42. The molecule has 0 amide bonds. The van der Waals surface area contributed by atoms with E-state index in [1.165, 1.54) is 7.11 Å². The molecule has 6 nitrogen and oxygen atoms in total. The second-order valence-electron chi connectivity index (χ2n) is 6.03. The number of esters is 1. The molecule has 158 valence electrons. The number of ketones is 1. The number of hydrogen-bond acceptors (Lipinski definition) is 6. The third-order valence-corrected chi connectivity index (χ3v) is 5.27. The highest BCUT2D eigenvalue weighted by atomic mass is 127. The quantitative estimate of drug-likeness (QED) is 0.140. The summed E-state index contributed by atoms with van der Waals surface area (Å²) in [5.41, 5.74) is 1.12. The van der Waals surface area contributed by atoms with Crippen molar-refractivity contribution < 1.29 is 28.5 Å². The number of ether oxygens (including phenoxy) is 4. The van der Waals surface area contributed by atoms with E-state index in [1.54, 1.807) is 55.7 Å². The molecule has 7 heteroatoms. The normalized spacial score (nSPS) is 11.2. The number of hydrogen-bond donors (Lipinski definition) is 0. The minimum Gasteiger partial charge on any atom is -0.497 e. The van der Waals surface area contributed by atoms with Gasteiger partial charge in [0.2, 0.25) is 0 Å². The lowest BCUT2D eigenvalue weighted by Crippen LogP contribution is -2.16. The van der Waals surface area contributed by atoms with Crippen molar-refractivity contribution in [2.75, 3.05) is 27.4 Å². The van der Waals surface area contributed by atoms with Gasteiger partial charge in [0.1, 0.15) is 34.4 Å². The van der Waals surface area contributed by atoms with E-state index in [9.17, 15) is 9.59 Å². The van der Waals surface area contributed by atoms with Gasteiger partial charge in [0, 0.05) is 11.6 Å². The number of rotatable bonds is 11. The zero-order chi connectivity index (χ0) is 22.1. The molecule has 0 aliphatic heterocycles. The van der Waals surface area contributed by atoms with Gasteiger partial charge in [-0.05, 0) is 35.9 Å². The van der Waals surface area contributed by atoms with Gasteiger partial charge in [-0.1, -0.05) is 47.9 Å². The lowest BCUT2D eigenvalue weighted by Gasteiger charge is -2.19. The molecular formula is C23H23IO6. The van der Waals surface area contributed by atoms with Gasteiger partial charge < -0.3 is 18.9 Å². The maximum Gasteiger partial charge on any atom is 0.323 e. The van der Waals surface area contributed by atoms with E-state index in [0.29, 0.717) is 22.6 Å². The van der Waals surface area contributed by atoms with Crippen molar-refractivity contribution >= 4 is 34.3 Å². The number of benzene rings is 2. The second kappa shape index (κ2) is 11.4. The molecule has 2 aromatic rings. The number of carbonyl (C=O) groups is 2. The Labute approximate surface area is 189 Å². The van der Waals surface area contributed by atoms with Gasteiger partial charge in [-0.15, -0.1) is 0 Å². The largest absolute Gasteiger partial charge is 0.497 e. The van der Waals surface area contributed by atoms with Crippen LogP contribution in [0.1, 0.15) is 25.4 Å². The van der Waals surface area contributed by atoms with Crippen LogP contribution >= 0.6 is 22.6 Å². The Morgan fingerprint density at radius 3 is 2.20 bits per heavy atom. The lowest BCUT2D eigenvalue weighted by atomic mass is 9.95. The average molecular weight is 522 g/mol. The molecule has 0 bridgehead atoms. The van der Waals surface area contributed by atoms with Gasteiger partial charge in [-0.2, -0.15) is 0 Å². The molecule has 0 spiro atoms. The van der Waals surface area contributed by atoms with Crippen molar-refractivity contribution in [3.8, 4) is 17.2 Å². The highest BCUT2D eigenvalue weighted by molar-refractivity contribution is 14.1. The maximum atomic E-state index is 13.4. The fraction of sp³-hybridized carbons (Fsp3) is 0.217.